The number of guanidine groups is 1. The van der Waals surface area contributed by atoms with Crippen molar-refractivity contribution in [2.45, 2.75) is 58.9 Å². The second-order valence-corrected chi connectivity index (χ2v) is 6.93. The Kier molecular flexibility index (Phi) is 7.91. The van der Waals surface area contributed by atoms with Crippen molar-refractivity contribution in [2.75, 3.05) is 20.1 Å². The highest BCUT2D eigenvalue weighted by atomic mass is 16.5. The van der Waals surface area contributed by atoms with E-state index in [1.54, 1.807) is 7.05 Å². The topological polar surface area (TPSA) is 66.0 Å². The molecule has 1 aliphatic heterocycles. The van der Waals surface area contributed by atoms with E-state index < -0.39 is 0 Å². The Balaban J connectivity index is 1.77. The van der Waals surface area contributed by atoms with Gasteiger partial charge in [-0.2, -0.15) is 0 Å². The molecule has 144 valence electrons. The molecule has 6 nitrogen and oxygen atoms in total. The zero-order chi connectivity index (χ0) is 18.9. The first kappa shape index (κ1) is 20.2. The van der Waals surface area contributed by atoms with E-state index in [2.05, 4.69) is 39.9 Å². The molecule has 0 aliphatic carbocycles. The summed E-state index contributed by atoms with van der Waals surface area (Å²) in [6, 6.07) is 8.67. The van der Waals surface area contributed by atoms with Crippen LogP contribution in [0.2, 0.25) is 0 Å². The normalized spacial score (nSPS) is 17.7. The first-order valence-corrected chi connectivity index (χ1v) is 9.46. The molecule has 1 atom stereocenters. The van der Waals surface area contributed by atoms with Gasteiger partial charge in [0.05, 0.1) is 12.7 Å². The van der Waals surface area contributed by atoms with Crippen molar-refractivity contribution in [3.63, 3.8) is 0 Å². The SMILES string of the molecule is CCC(=O)N1CCC(NC(=NC)NCc2ccc(COC(C)C)cc2)C1. The second-order valence-electron chi connectivity index (χ2n) is 6.93. The summed E-state index contributed by atoms with van der Waals surface area (Å²) in [5.41, 5.74) is 2.37. The standard InChI is InChI=1S/C20H32N4O2/c1-5-19(25)24-11-10-18(13-24)23-20(21-4)22-12-16-6-8-17(9-7-16)14-26-15(2)3/h6-9,15,18H,5,10-14H2,1-4H3,(H2,21,22,23). The van der Waals surface area contributed by atoms with E-state index in [9.17, 15) is 4.79 Å². The largest absolute Gasteiger partial charge is 0.374 e. The fourth-order valence-corrected chi connectivity index (χ4v) is 2.92. The van der Waals surface area contributed by atoms with Crippen LogP contribution in [-0.4, -0.2) is 49.0 Å². The summed E-state index contributed by atoms with van der Waals surface area (Å²) in [7, 11) is 1.77. The van der Waals surface area contributed by atoms with Crippen LogP contribution in [-0.2, 0) is 22.7 Å². The quantitative estimate of drug-likeness (QED) is 0.578. The van der Waals surface area contributed by atoms with Crippen LogP contribution in [0.5, 0.6) is 0 Å². The van der Waals surface area contributed by atoms with E-state index >= 15 is 0 Å². The van der Waals surface area contributed by atoms with Gasteiger partial charge in [-0.1, -0.05) is 31.2 Å². The second kappa shape index (κ2) is 10.2. The number of carbonyl (C=O) groups excluding carboxylic acids is 1. The third-order valence-corrected chi connectivity index (χ3v) is 4.47. The van der Waals surface area contributed by atoms with Gasteiger partial charge in [0, 0.05) is 39.1 Å². The average molecular weight is 361 g/mol. The summed E-state index contributed by atoms with van der Waals surface area (Å²) in [5, 5.41) is 6.76. The Hall–Kier alpha value is -2.08. The minimum Gasteiger partial charge on any atom is -0.374 e. The summed E-state index contributed by atoms with van der Waals surface area (Å²) in [6.45, 7) is 8.90. The highest BCUT2D eigenvalue weighted by Gasteiger charge is 2.25. The number of ether oxygens (including phenoxy) is 1. The monoisotopic (exact) mass is 360 g/mol. The number of nitrogens with one attached hydrogen (secondary N) is 2. The van der Waals surface area contributed by atoms with E-state index in [0.29, 0.717) is 19.6 Å². The average Bonchev–Trinajstić information content (AvgIpc) is 3.12. The first-order valence-electron chi connectivity index (χ1n) is 9.46. The van der Waals surface area contributed by atoms with E-state index in [1.165, 1.54) is 11.1 Å². The van der Waals surface area contributed by atoms with Crippen molar-refractivity contribution in [2.24, 2.45) is 4.99 Å². The molecule has 1 aromatic rings. The molecule has 2 rings (SSSR count). The number of benzene rings is 1. The summed E-state index contributed by atoms with van der Waals surface area (Å²) in [4.78, 5) is 18.0. The number of likely N-dealkylation sites (tertiary alicyclic amines) is 1. The maximum absolute atomic E-state index is 11.8. The van der Waals surface area contributed by atoms with Crippen molar-refractivity contribution >= 4 is 11.9 Å². The van der Waals surface area contributed by atoms with Crippen LogP contribution in [0, 0.1) is 0 Å². The van der Waals surface area contributed by atoms with E-state index in [4.69, 9.17) is 4.74 Å². The smallest absolute Gasteiger partial charge is 0.222 e. The van der Waals surface area contributed by atoms with Crippen LogP contribution in [0.25, 0.3) is 0 Å². The number of hydrogen-bond acceptors (Lipinski definition) is 3. The van der Waals surface area contributed by atoms with E-state index in [0.717, 1.165) is 25.5 Å². The Morgan fingerprint density at radius 2 is 2.00 bits per heavy atom. The van der Waals surface area contributed by atoms with Gasteiger partial charge >= 0.3 is 0 Å². The van der Waals surface area contributed by atoms with Gasteiger partial charge in [0.2, 0.25) is 5.91 Å². The lowest BCUT2D eigenvalue weighted by Gasteiger charge is -2.19. The predicted molar refractivity (Wildman–Crippen MR) is 105 cm³/mol. The van der Waals surface area contributed by atoms with Gasteiger partial charge in [-0.25, -0.2) is 0 Å². The third kappa shape index (κ3) is 6.33. The number of amides is 1. The molecule has 0 bridgehead atoms. The number of hydrogen-bond donors (Lipinski definition) is 2. The van der Waals surface area contributed by atoms with Gasteiger partial charge in [0.1, 0.15) is 0 Å². The molecule has 1 aliphatic rings. The van der Waals surface area contributed by atoms with Gasteiger partial charge in [-0.15, -0.1) is 0 Å². The van der Waals surface area contributed by atoms with Crippen molar-refractivity contribution < 1.29 is 9.53 Å². The molecule has 1 unspecified atom stereocenters. The van der Waals surface area contributed by atoms with Crippen molar-refractivity contribution in [3.05, 3.63) is 35.4 Å². The van der Waals surface area contributed by atoms with Crippen LogP contribution in [0.4, 0.5) is 0 Å². The molecular weight excluding hydrogens is 328 g/mol. The van der Waals surface area contributed by atoms with E-state index in [-0.39, 0.29) is 18.1 Å². The van der Waals surface area contributed by atoms with Gasteiger partial charge in [-0.3, -0.25) is 9.79 Å². The molecule has 0 radical (unpaired) electrons. The number of aliphatic imine (C=N–C) groups is 1. The maximum atomic E-state index is 11.8. The predicted octanol–water partition coefficient (Wildman–Crippen LogP) is 2.29. The Labute approximate surface area is 157 Å². The first-order chi connectivity index (χ1) is 12.5. The van der Waals surface area contributed by atoms with Crippen LogP contribution in [0.3, 0.4) is 0 Å². The van der Waals surface area contributed by atoms with Crippen LogP contribution < -0.4 is 10.6 Å². The molecule has 1 amide bonds. The Bertz CT molecular complexity index is 598. The molecule has 1 saturated heterocycles. The molecule has 26 heavy (non-hydrogen) atoms. The maximum Gasteiger partial charge on any atom is 0.222 e. The lowest BCUT2D eigenvalue weighted by Crippen LogP contribution is -2.44. The minimum atomic E-state index is 0.221. The van der Waals surface area contributed by atoms with E-state index in [1.807, 2.05) is 25.7 Å². The molecule has 1 aromatic carbocycles. The van der Waals surface area contributed by atoms with Crippen molar-refractivity contribution in [1.29, 1.82) is 0 Å². The van der Waals surface area contributed by atoms with Gasteiger partial charge in [-0.05, 0) is 31.4 Å². The summed E-state index contributed by atoms with van der Waals surface area (Å²) in [5.74, 6) is 0.992. The van der Waals surface area contributed by atoms with Crippen LogP contribution >= 0.6 is 0 Å². The molecule has 1 fully saturated rings. The number of carbonyl (C=O) groups is 1. The molecular formula is C20H32N4O2. The summed E-state index contributed by atoms with van der Waals surface area (Å²) in [6.07, 6.45) is 1.76. The van der Waals surface area contributed by atoms with Crippen LogP contribution in [0.1, 0.15) is 44.7 Å². The summed E-state index contributed by atoms with van der Waals surface area (Å²) >= 11 is 0. The molecule has 1 heterocycles. The molecule has 0 aromatic heterocycles. The zero-order valence-corrected chi connectivity index (χ0v) is 16.4. The number of rotatable bonds is 7. The fraction of sp³-hybridized carbons (Fsp3) is 0.600. The van der Waals surface area contributed by atoms with Crippen molar-refractivity contribution in [1.82, 2.24) is 15.5 Å². The van der Waals surface area contributed by atoms with Gasteiger partial charge < -0.3 is 20.3 Å². The zero-order valence-electron chi connectivity index (χ0n) is 16.4. The number of nitrogens with zero attached hydrogens (tertiary/aromatic N) is 2. The van der Waals surface area contributed by atoms with Crippen molar-refractivity contribution in [3.8, 4) is 0 Å². The van der Waals surface area contributed by atoms with Gasteiger partial charge in [0.15, 0.2) is 5.96 Å². The lowest BCUT2D eigenvalue weighted by molar-refractivity contribution is -0.129. The highest BCUT2D eigenvalue weighted by molar-refractivity contribution is 5.80. The highest BCUT2D eigenvalue weighted by Crippen LogP contribution is 2.11. The Morgan fingerprint density at radius 3 is 2.62 bits per heavy atom. The minimum absolute atomic E-state index is 0.221. The fourth-order valence-electron chi connectivity index (χ4n) is 2.92. The molecule has 0 spiro atoms. The lowest BCUT2D eigenvalue weighted by atomic mass is 10.1. The van der Waals surface area contributed by atoms with Crippen LogP contribution in [0.15, 0.2) is 29.3 Å². The molecule has 6 heteroatoms. The third-order valence-electron chi connectivity index (χ3n) is 4.47. The molecule has 2 N–H and O–H groups in total. The van der Waals surface area contributed by atoms with Gasteiger partial charge in [0.25, 0.3) is 0 Å². The molecule has 0 saturated carbocycles. The Morgan fingerprint density at radius 1 is 1.31 bits per heavy atom. The summed E-state index contributed by atoms with van der Waals surface area (Å²) < 4.78 is 5.62.